The number of nitrogens with two attached hydrogens (primary N) is 1. The molecule has 1 heterocycles. The fourth-order valence-electron chi connectivity index (χ4n) is 1.33. The van der Waals surface area contributed by atoms with Crippen molar-refractivity contribution in [2.45, 2.75) is 6.04 Å². The number of hydrogen-bond donors (Lipinski definition) is 1. The van der Waals surface area contributed by atoms with Gasteiger partial charge in [0.2, 0.25) is 0 Å². The standard InChI is InChI=1S/C8H6BrClFNO/c9-3-1-4(10)7(11)6-5(12)2-13-8(3)6/h1,5H,2,12H2. The second-order valence-electron chi connectivity index (χ2n) is 2.81. The van der Waals surface area contributed by atoms with Crippen LogP contribution in [0.5, 0.6) is 5.75 Å². The molecular weight excluding hydrogens is 260 g/mol. The molecule has 1 aliphatic rings. The van der Waals surface area contributed by atoms with Gasteiger partial charge in [0.05, 0.1) is 21.1 Å². The van der Waals surface area contributed by atoms with Gasteiger partial charge in [-0.25, -0.2) is 4.39 Å². The average molecular weight is 266 g/mol. The van der Waals surface area contributed by atoms with E-state index in [2.05, 4.69) is 15.9 Å². The van der Waals surface area contributed by atoms with Gasteiger partial charge in [0.1, 0.15) is 18.2 Å². The first kappa shape index (κ1) is 9.24. The van der Waals surface area contributed by atoms with Gasteiger partial charge in [-0.15, -0.1) is 0 Å². The Morgan fingerprint density at radius 3 is 3.08 bits per heavy atom. The van der Waals surface area contributed by atoms with E-state index >= 15 is 0 Å². The molecule has 5 heteroatoms. The second kappa shape index (κ2) is 3.12. The third kappa shape index (κ3) is 1.33. The Kier molecular flexibility index (Phi) is 2.21. The van der Waals surface area contributed by atoms with Crippen molar-refractivity contribution >= 4 is 27.5 Å². The highest BCUT2D eigenvalue weighted by Crippen LogP contribution is 2.41. The lowest BCUT2D eigenvalue weighted by molar-refractivity contribution is 0.331. The van der Waals surface area contributed by atoms with E-state index in [-0.39, 0.29) is 5.02 Å². The first-order chi connectivity index (χ1) is 6.11. The van der Waals surface area contributed by atoms with E-state index in [9.17, 15) is 4.39 Å². The van der Waals surface area contributed by atoms with Crippen molar-refractivity contribution in [1.29, 1.82) is 0 Å². The average Bonchev–Trinajstić information content (AvgIpc) is 2.44. The number of ether oxygens (including phenoxy) is 1. The molecule has 0 bridgehead atoms. The van der Waals surface area contributed by atoms with Crippen LogP contribution in [0.2, 0.25) is 5.02 Å². The Morgan fingerprint density at radius 1 is 1.69 bits per heavy atom. The van der Waals surface area contributed by atoms with Crippen LogP contribution in [0.25, 0.3) is 0 Å². The molecule has 1 aromatic rings. The van der Waals surface area contributed by atoms with Crippen LogP contribution >= 0.6 is 27.5 Å². The maximum atomic E-state index is 13.4. The van der Waals surface area contributed by atoms with E-state index in [4.69, 9.17) is 22.1 Å². The molecule has 0 radical (unpaired) electrons. The van der Waals surface area contributed by atoms with Gasteiger partial charge in [-0.1, -0.05) is 11.6 Å². The topological polar surface area (TPSA) is 35.2 Å². The quantitative estimate of drug-likeness (QED) is 0.733. The van der Waals surface area contributed by atoms with E-state index in [1.165, 1.54) is 6.07 Å². The van der Waals surface area contributed by atoms with Crippen LogP contribution in [0, 0.1) is 5.82 Å². The minimum absolute atomic E-state index is 0.0616. The molecular formula is C8H6BrClFNO. The smallest absolute Gasteiger partial charge is 0.150 e. The normalized spacial score (nSPS) is 19.8. The predicted molar refractivity (Wildman–Crippen MR) is 51.5 cm³/mol. The summed E-state index contributed by atoms with van der Waals surface area (Å²) in [6.45, 7) is 0.297. The maximum absolute atomic E-state index is 13.4. The van der Waals surface area contributed by atoms with Crippen LogP contribution in [-0.2, 0) is 0 Å². The van der Waals surface area contributed by atoms with Gasteiger partial charge < -0.3 is 10.5 Å². The Morgan fingerprint density at radius 2 is 2.38 bits per heavy atom. The molecule has 0 saturated carbocycles. The van der Waals surface area contributed by atoms with Crippen LogP contribution in [-0.4, -0.2) is 6.61 Å². The molecule has 2 rings (SSSR count). The fraction of sp³-hybridized carbons (Fsp3) is 0.250. The van der Waals surface area contributed by atoms with Gasteiger partial charge in [-0.3, -0.25) is 0 Å². The monoisotopic (exact) mass is 265 g/mol. The lowest BCUT2D eigenvalue weighted by Gasteiger charge is -2.05. The van der Waals surface area contributed by atoms with Gasteiger partial charge in [0.15, 0.2) is 0 Å². The molecule has 2 nitrogen and oxygen atoms in total. The van der Waals surface area contributed by atoms with Crippen molar-refractivity contribution in [2.24, 2.45) is 5.73 Å². The molecule has 0 spiro atoms. The zero-order valence-corrected chi connectivity index (χ0v) is 8.82. The molecule has 0 amide bonds. The largest absolute Gasteiger partial charge is 0.490 e. The first-order valence-electron chi connectivity index (χ1n) is 3.67. The minimum Gasteiger partial charge on any atom is -0.490 e. The molecule has 1 aromatic carbocycles. The first-order valence-corrected chi connectivity index (χ1v) is 4.84. The summed E-state index contributed by atoms with van der Waals surface area (Å²) in [7, 11) is 0. The summed E-state index contributed by atoms with van der Waals surface area (Å²) >= 11 is 8.87. The van der Waals surface area contributed by atoms with E-state index in [1.807, 2.05) is 0 Å². The second-order valence-corrected chi connectivity index (χ2v) is 4.08. The summed E-state index contributed by atoms with van der Waals surface area (Å²) < 4.78 is 19.3. The third-order valence-corrected chi connectivity index (χ3v) is 2.80. The zero-order chi connectivity index (χ0) is 9.59. The Balaban J connectivity index is 2.70. The summed E-state index contributed by atoms with van der Waals surface area (Å²) in [5, 5.41) is 0.0616. The lowest BCUT2D eigenvalue weighted by Crippen LogP contribution is -2.12. The summed E-state index contributed by atoms with van der Waals surface area (Å²) in [4.78, 5) is 0. The van der Waals surface area contributed by atoms with Crippen LogP contribution < -0.4 is 10.5 Å². The number of benzene rings is 1. The highest BCUT2D eigenvalue weighted by molar-refractivity contribution is 9.10. The van der Waals surface area contributed by atoms with Crippen molar-refractivity contribution in [1.82, 2.24) is 0 Å². The molecule has 1 unspecified atom stereocenters. The fourth-order valence-corrected chi connectivity index (χ4v) is 2.23. The number of fused-ring (bicyclic) bond motifs is 1. The summed E-state index contributed by atoms with van der Waals surface area (Å²) in [5.74, 6) is -0.0146. The van der Waals surface area contributed by atoms with E-state index in [0.29, 0.717) is 22.4 Å². The van der Waals surface area contributed by atoms with Crippen molar-refractivity contribution in [3.05, 3.63) is 26.9 Å². The molecule has 70 valence electrons. The maximum Gasteiger partial charge on any atom is 0.150 e. The molecule has 2 N–H and O–H groups in total. The van der Waals surface area contributed by atoms with Gasteiger partial charge in [-0.2, -0.15) is 0 Å². The van der Waals surface area contributed by atoms with Gasteiger partial charge in [0, 0.05) is 0 Å². The number of rotatable bonds is 0. The molecule has 13 heavy (non-hydrogen) atoms. The van der Waals surface area contributed by atoms with Crippen LogP contribution in [0.3, 0.4) is 0 Å². The van der Waals surface area contributed by atoms with Gasteiger partial charge in [0.25, 0.3) is 0 Å². The third-order valence-electron chi connectivity index (χ3n) is 1.94. The van der Waals surface area contributed by atoms with Crippen molar-refractivity contribution < 1.29 is 9.13 Å². The number of halogens is 3. The summed E-state index contributed by atoms with van der Waals surface area (Å²) in [6.07, 6.45) is 0. The molecule has 1 atom stereocenters. The SMILES string of the molecule is NC1COc2c(Br)cc(Cl)c(F)c21. The Labute approximate surface area is 87.9 Å². The van der Waals surface area contributed by atoms with E-state index in [1.54, 1.807) is 0 Å². The van der Waals surface area contributed by atoms with E-state index in [0.717, 1.165) is 0 Å². The van der Waals surface area contributed by atoms with Gasteiger partial charge >= 0.3 is 0 Å². The highest BCUT2D eigenvalue weighted by Gasteiger charge is 2.28. The predicted octanol–water partition coefficient (Wildman–Crippen LogP) is 2.63. The molecule has 0 aromatic heterocycles. The molecule has 0 saturated heterocycles. The van der Waals surface area contributed by atoms with Crippen LogP contribution in [0.1, 0.15) is 11.6 Å². The Bertz CT molecular complexity index is 372. The Hall–Kier alpha value is -0.320. The zero-order valence-electron chi connectivity index (χ0n) is 6.48. The van der Waals surface area contributed by atoms with Crippen LogP contribution in [0.15, 0.2) is 10.5 Å². The van der Waals surface area contributed by atoms with Crippen LogP contribution in [0.4, 0.5) is 4.39 Å². The highest BCUT2D eigenvalue weighted by atomic mass is 79.9. The van der Waals surface area contributed by atoms with E-state index < -0.39 is 11.9 Å². The summed E-state index contributed by atoms with van der Waals surface area (Å²) in [5.41, 5.74) is 6.00. The van der Waals surface area contributed by atoms with Crippen molar-refractivity contribution in [2.75, 3.05) is 6.61 Å². The molecule has 0 aliphatic carbocycles. The summed E-state index contributed by atoms with van der Waals surface area (Å²) in [6, 6.07) is 1.04. The van der Waals surface area contributed by atoms with Crippen molar-refractivity contribution in [3.8, 4) is 5.75 Å². The number of hydrogen-bond acceptors (Lipinski definition) is 2. The van der Waals surface area contributed by atoms with Gasteiger partial charge in [-0.05, 0) is 22.0 Å². The van der Waals surface area contributed by atoms with Crippen molar-refractivity contribution in [3.63, 3.8) is 0 Å². The minimum atomic E-state index is -0.482. The lowest BCUT2D eigenvalue weighted by atomic mass is 10.1. The molecule has 1 aliphatic heterocycles. The molecule has 0 fully saturated rings.